The summed E-state index contributed by atoms with van der Waals surface area (Å²) < 4.78 is 5.74. The minimum atomic E-state index is -0.618. The number of esters is 1. The van der Waals surface area contributed by atoms with Gasteiger partial charge in [-0.1, -0.05) is 63.3 Å². The number of amides is 2. The van der Waals surface area contributed by atoms with Crippen LogP contribution in [-0.4, -0.2) is 48.2 Å². The highest BCUT2D eigenvalue weighted by atomic mass is 16.5. The fourth-order valence-corrected chi connectivity index (χ4v) is 3.69. The first-order valence-electron chi connectivity index (χ1n) is 12.6. The number of allylic oxidation sites excluding steroid dienone is 2. The summed E-state index contributed by atoms with van der Waals surface area (Å²) in [4.78, 5) is 38.4. The van der Waals surface area contributed by atoms with Crippen LogP contribution >= 0.6 is 0 Å². The Morgan fingerprint density at radius 1 is 1.06 bits per heavy atom. The van der Waals surface area contributed by atoms with Gasteiger partial charge in [0.25, 0.3) is 0 Å². The summed E-state index contributed by atoms with van der Waals surface area (Å²) in [5.74, 6) is -1.85. The minimum Gasteiger partial charge on any atom is -0.463 e. The van der Waals surface area contributed by atoms with E-state index in [0.29, 0.717) is 25.7 Å². The molecular weight excluding hydrogens is 456 g/mol. The van der Waals surface area contributed by atoms with E-state index >= 15 is 0 Å². The van der Waals surface area contributed by atoms with Crippen LogP contribution in [0.1, 0.15) is 58.9 Å². The van der Waals surface area contributed by atoms with Crippen LogP contribution in [0, 0.1) is 17.3 Å². The van der Waals surface area contributed by atoms with Crippen molar-refractivity contribution in [3.63, 3.8) is 0 Å². The molecule has 7 nitrogen and oxygen atoms in total. The van der Waals surface area contributed by atoms with E-state index in [9.17, 15) is 14.4 Å². The smallest absolute Gasteiger partial charge is 0.309 e. The van der Waals surface area contributed by atoms with Gasteiger partial charge in [-0.05, 0) is 43.6 Å². The zero-order valence-corrected chi connectivity index (χ0v) is 22.3. The normalized spacial score (nSPS) is 14.6. The number of ether oxygens (including phenoxy) is 1. The Morgan fingerprint density at radius 2 is 1.72 bits per heavy atom. The molecule has 200 valence electrons. The Kier molecular flexibility index (Phi) is 13.8. The number of hydrogen-bond donors (Lipinski definition) is 3. The maximum absolute atomic E-state index is 13.1. The standard InChI is InChI=1S/C29H44N2O5/c1-7-9-16-24(17-22-14-11-10-12-15-22)28(35)36-20-25(29(4,5)6)31-27(34)23(13-8-2)18-26(33)30-21(3)19-32/h7-8,10-12,14-15,21,23-25,32H,1-2,9,13,16-20H2,3-6H3,(H,30,33)(H,31,34)/t21-,23-,24-,25-/m1/s1. The summed E-state index contributed by atoms with van der Waals surface area (Å²) in [7, 11) is 0. The second kappa shape index (κ2) is 15.9. The molecule has 4 atom stereocenters. The molecule has 1 aromatic carbocycles. The van der Waals surface area contributed by atoms with Crippen molar-refractivity contribution >= 4 is 17.8 Å². The van der Waals surface area contributed by atoms with Gasteiger partial charge in [-0.15, -0.1) is 13.2 Å². The van der Waals surface area contributed by atoms with Crippen molar-refractivity contribution in [2.75, 3.05) is 13.2 Å². The second-order valence-corrected chi connectivity index (χ2v) is 10.4. The van der Waals surface area contributed by atoms with E-state index in [0.717, 1.165) is 5.56 Å². The summed E-state index contributed by atoms with van der Waals surface area (Å²) in [6.07, 6.45) is 5.60. The Hall–Kier alpha value is -2.93. The van der Waals surface area contributed by atoms with Crippen LogP contribution in [0.15, 0.2) is 55.6 Å². The largest absolute Gasteiger partial charge is 0.463 e. The summed E-state index contributed by atoms with van der Waals surface area (Å²) >= 11 is 0. The molecule has 0 aromatic heterocycles. The molecule has 0 bridgehead atoms. The van der Waals surface area contributed by atoms with Gasteiger partial charge in [-0.25, -0.2) is 0 Å². The fourth-order valence-electron chi connectivity index (χ4n) is 3.69. The van der Waals surface area contributed by atoms with Crippen molar-refractivity contribution in [2.45, 2.75) is 71.9 Å². The first-order valence-corrected chi connectivity index (χ1v) is 12.6. The van der Waals surface area contributed by atoms with Gasteiger partial charge < -0.3 is 20.5 Å². The van der Waals surface area contributed by atoms with E-state index in [4.69, 9.17) is 9.84 Å². The molecule has 1 rings (SSSR count). The highest BCUT2D eigenvalue weighted by Gasteiger charge is 2.32. The highest BCUT2D eigenvalue weighted by molar-refractivity contribution is 5.86. The number of aliphatic hydroxyl groups is 1. The quantitative estimate of drug-likeness (QED) is 0.235. The molecule has 0 aliphatic rings. The Morgan fingerprint density at radius 3 is 2.28 bits per heavy atom. The third kappa shape index (κ3) is 11.7. The molecule has 3 N–H and O–H groups in total. The molecule has 1 aromatic rings. The molecular formula is C29H44N2O5. The predicted octanol–water partition coefficient (Wildman–Crippen LogP) is 3.97. The molecule has 7 heteroatoms. The molecule has 2 amide bonds. The Balaban J connectivity index is 2.86. The SMILES string of the molecule is C=CCC[C@H](Cc1ccccc1)C(=O)OC[C@@H](NC(=O)[C@H](CC=C)CC(=O)N[C@H](C)CO)C(C)(C)C. The molecule has 0 heterocycles. The summed E-state index contributed by atoms with van der Waals surface area (Å²) in [5, 5.41) is 14.8. The first kappa shape index (κ1) is 31.1. The van der Waals surface area contributed by atoms with E-state index in [-0.39, 0.29) is 43.3 Å². The summed E-state index contributed by atoms with van der Waals surface area (Å²) in [6.45, 7) is 14.9. The number of aliphatic hydroxyl groups excluding tert-OH is 1. The molecule has 0 spiro atoms. The van der Waals surface area contributed by atoms with E-state index < -0.39 is 23.4 Å². The van der Waals surface area contributed by atoms with Gasteiger partial charge in [-0.3, -0.25) is 14.4 Å². The average Bonchev–Trinajstić information content (AvgIpc) is 2.83. The lowest BCUT2D eigenvalue weighted by atomic mass is 9.86. The molecule has 0 fully saturated rings. The van der Waals surface area contributed by atoms with Gasteiger partial charge >= 0.3 is 5.97 Å². The molecule has 0 aliphatic heterocycles. The molecule has 0 saturated heterocycles. The van der Waals surface area contributed by atoms with E-state index in [1.807, 2.05) is 51.1 Å². The zero-order valence-electron chi connectivity index (χ0n) is 22.3. The van der Waals surface area contributed by atoms with Crippen LogP contribution in [0.4, 0.5) is 0 Å². The van der Waals surface area contributed by atoms with Crippen LogP contribution in [0.5, 0.6) is 0 Å². The van der Waals surface area contributed by atoms with Gasteiger partial charge in [0.2, 0.25) is 11.8 Å². The van der Waals surface area contributed by atoms with Crippen LogP contribution in [0.2, 0.25) is 0 Å². The van der Waals surface area contributed by atoms with E-state index in [1.165, 1.54) is 0 Å². The predicted molar refractivity (Wildman–Crippen MR) is 143 cm³/mol. The van der Waals surface area contributed by atoms with Crippen molar-refractivity contribution in [1.82, 2.24) is 10.6 Å². The molecule has 36 heavy (non-hydrogen) atoms. The maximum atomic E-state index is 13.1. The lowest BCUT2D eigenvalue weighted by Crippen LogP contribution is -2.50. The lowest BCUT2D eigenvalue weighted by molar-refractivity contribution is -0.151. The highest BCUT2D eigenvalue weighted by Crippen LogP contribution is 2.23. The fraction of sp³-hybridized carbons (Fsp3) is 0.552. The molecule has 0 unspecified atom stereocenters. The van der Waals surface area contributed by atoms with E-state index in [1.54, 1.807) is 19.1 Å². The number of benzene rings is 1. The van der Waals surface area contributed by atoms with Crippen LogP contribution in [-0.2, 0) is 25.5 Å². The lowest BCUT2D eigenvalue weighted by Gasteiger charge is -2.32. The van der Waals surface area contributed by atoms with E-state index in [2.05, 4.69) is 23.8 Å². The van der Waals surface area contributed by atoms with Gasteiger partial charge in [-0.2, -0.15) is 0 Å². The maximum Gasteiger partial charge on any atom is 0.309 e. The van der Waals surface area contributed by atoms with Crippen molar-refractivity contribution in [3.05, 3.63) is 61.2 Å². The summed E-state index contributed by atoms with van der Waals surface area (Å²) in [6, 6.07) is 8.97. The van der Waals surface area contributed by atoms with Gasteiger partial charge in [0.05, 0.1) is 24.5 Å². The third-order valence-corrected chi connectivity index (χ3v) is 6.07. The molecule has 0 radical (unpaired) electrons. The van der Waals surface area contributed by atoms with Gasteiger partial charge in [0.15, 0.2) is 0 Å². The van der Waals surface area contributed by atoms with Crippen molar-refractivity contribution in [2.24, 2.45) is 17.3 Å². The number of carbonyl (C=O) groups is 3. The van der Waals surface area contributed by atoms with Crippen LogP contribution < -0.4 is 10.6 Å². The molecule has 0 saturated carbocycles. The first-order chi connectivity index (χ1) is 17.0. The number of hydrogen-bond acceptors (Lipinski definition) is 5. The number of nitrogens with one attached hydrogen (secondary N) is 2. The van der Waals surface area contributed by atoms with Crippen molar-refractivity contribution in [1.29, 1.82) is 0 Å². The van der Waals surface area contributed by atoms with Crippen LogP contribution in [0.25, 0.3) is 0 Å². The van der Waals surface area contributed by atoms with Gasteiger partial charge in [0, 0.05) is 12.5 Å². The second-order valence-electron chi connectivity index (χ2n) is 10.4. The zero-order chi connectivity index (χ0) is 27.1. The van der Waals surface area contributed by atoms with Crippen molar-refractivity contribution in [3.8, 4) is 0 Å². The third-order valence-electron chi connectivity index (χ3n) is 6.07. The number of rotatable bonds is 16. The topological polar surface area (TPSA) is 105 Å². The molecule has 0 aliphatic carbocycles. The number of carbonyl (C=O) groups excluding carboxylic acids is 3. The average molecular weight is 501 g/mol. The monoisotopic (exact) mass is 500 g/mol. The summed E-state index contributed by atoms with van der Waals surface area (Å²) in [5.41, 5.74) is 0.670. The van der Waals surface area contributed by atoms with Crippen LogP contribution in [0.3, 0.4) is 0 Å². The minimum absolute atomic E-state index is 0.0282. The van der Waals surface area contributed by atoms with Gasteiger partial charge in [0.1, 0.15) is 6.61 Å². The Labute approximate surface area is 216 Å². The Bertz CT molecular complexity index is 847. The van der Waals surface area contributed by atoms with Crippen molar-refractivity contribution < 1.29 is 24.2 Å².